The van der Waals surface area contributed by atoms with Gasteiger partial charge in [-0.2, -0.15) is 0 Å². The first-order chi connectivity index (χ1) is 27.4. The van der Waals surface area contributed by atoms with Crippen LogP contribution >= 0.6 is 11.3 Å². The standard InChI is InChI=1S/C49H31NS/c1-2-14-31(15-3-1)32-16-10-17-33(30-32)50-45-29-13-24-39-38-23-11-22-37(47(38)51-48(39)45)36-21-12-28-44-46(36)40-20-6-9-27-43(40)49(44)41-25-7-4-18-34(41)35-19-5-8-26-42(35)49/h1-30,50H/i1D,2D,3D,14D,15D. The fourth-order valence-corrected chi connectivity index (χ4v) is 10.1. The summed E-state index contributed by atoms with van der Waals surface area (Å²) >= 11 is 1.77. The molecule has 1 heterocycles. The molecule has 238 valence electrons. The van der Waals surface area contributed by atoms with Crippen molar-refractivity contribution in [3.8, 4) is 44.5 Å². The van der Waals surface area contributed by atoms with E-state index in [4.69, 9.17) is 6.85 Å². The summed E-state index contributed by atoms with van der Waals surface area (Å²) in [6.45, 7) is 0. The Bertz CT molecular complexity index is 3070. The van der Waals surface area contributed by atoms with E-state index in [2.05, 4.69) is 133 Å². The van der Waals surface area contributed by atoms with Crippen LogP contribution in [0.1, 0.15) is 29.1 Å². The van der Waals surface area contributed by atoms with Crippen molar-refractivity contribution in [2.45, 2.75) is 5.41 Å². The van der Waals surface area contributed by atoms with Crippen LogP contribution in [-0.2, 0) is 5.41 Å². The maximum Gasteiger partial charge on any atom is 0.0725 e. The van der Waals surface area contributed by atoms with Crippen molar-refractivity contribution < 1.29 is 6.85 Å². The van der Waals surface area contributed by atoms with Crippen molar-refractivity contribution in [3.05, 3.63) is 204 Å². The highest BCUT2D eigenvalue weighted by atomic mass is 32.1. The van der Waals surface area contributed by atoms with Gasteiger partial charge in [0.25, 0.3) is 0 Å². The number of nitrogens with one attached hydrogen (secondary N) is 1. The molecule has 1 aromatic heterocycles. The predicted octanol–water partition coefficient (Wildman–Crippen LogP) is 13.5. The third-order valence-electron chi connectivity index (χ3n) is 10.8. The van der Waals surface area contributed by atoms with Gasteiger partial charge in [-0.25, -0.2) is 0 Å². The maximum atomic E-state index is 8.53. The van der Waals surface area contributed by atoms with Crippen molar-refractivity contribution in [1.82, 2.24) is 0 Å². The molecule has 8 aromatic carbocycles. The molecular weight excluding hydrogens is 635 g/mol. The van der Waals surface area contributed by atoms with E-state index in [0.29, 0.717) is 5.56 Å². The summed E-state index contributed by atoms with van der Waals surface area (Å²) in [5.41, 5.74) is 14.9. The van der Waals surface area contributed by atoms with Gasteiger partial charge in [0.05, 0.1) is 22.7 Å². The highest BCUT2D eigenvalue weighted by molar-refractivity contribution is 7.27. The van der Waals surface area contributed by atoms with E-state index in [9.17, 15) is 0 Å². The van der Waals surface area contributed by atoms with Gasteiger partial charge in [0.15, 0.2) is 0 Å². The molecule has 0 bridgehead atoms. The second kappa shape index (κ2) is 10.9. The topological polar surface area (TPSA) is 12.0 Å². The lowest BCUT2D eigenvalue weighted by Crippen LogP contribution is -2.25. The SMILES string of the molecule is [2H]c1c([2H])c([2H])c(-c2cccc(Nc3cccc4c3sc3c(-c5cccc6c5-c5ccccc5C65c6ccccc6-c6ccccc65)cccc34)c2)c([2H])c1[2H]. The van der Waals surface area contributed by atoms with Gasteiger partial charge in [-0.3, -0.25) is 0 Å². The van der Waals surface area contributed by atoms with Crippen LogP contribution in [0.4, 0.5) is 11.4 Å². The molecule has 0 aliphatic heterocycles. The number of rotatable bonds is 4. The summed E-state index contributed by atoms with van der Waals surface area (Å²) < 4.78 is 43.8. The number of thiophene rings is 1. The van der Waals surface area contributed by atoms with Crippen molar-refractivity contribution in [1.29, 1.82) is 0 Å². The Morgan fingerprint density at radius 1 is 0.451 bits per heavy atom. The second-order valence-corrected chi connectivity index (χ2v) is 14.3. The summed E-state index contributed by atoms with van der Waals surface area (Å²) in [5, 5.41) is 5.96. The summed E-state index contributed by atoms with van der Waals surface area (Å²) in [6, 6.07) is 52.5. The van der Waals surface area contributed by atoms with E-state index in [1.54, 1.807) is 17.4 Å². The minimum atomic E-state index is -0.413. The Labute approximate surface area is 308 Å². The first kappa shape index (κ1) is 24.0. The zero-order valence-corrected chi connectivity index (χ0v) is 28.2. The molecule has 1 spiro atoms. The summed E-state index contributed by atoms with van der Waals surface area (Å²) in [4.78, 5) is 0. The molecule has 0 unspecified atom stereocenters. The number of fused-ring (bicyclic) bond motifs is 13. The smallest absolute Gasteiger partial charge is 0.0725 e. The van der Waals surface area contributed by atoms with Crippen LogP contribution in [0.25, 0.3) is 64.7 Å². The number of hydrogen-bond donors (Lipinski definition) is 1. The molecule has 2 aliphatic carbocycles. The predicted molar refractivity (Wildman–Crippen MR) is 216 cm³/mol. The highest BCUT2D eigenvalue weighted by Gasteiger charge is 2.52. The quantitative estimate of drug-likeness (QED) is 0.196. The molecule has 1 nitrogen and oxygen atoms in total. The zero-order valence-electron chi connectivity index (χ0n) is 32.3. The minimum Gasteiger partial charge on any atom is -0.354 e. The second-order valence-electron chi connectivity index (χ2n) is 13.3. The molecule has 2 heteroatoms. The molecule has 0 radical (unpaired) electrons. The Balaban J connectivity index is 1.08. The maximum absolute atomic E-state index is 8.53. The van der Waals surface area contributed by atoms with Crippen molar-refractivity contribution in [3.63, 3.8) is 0 Å². The molecule has 0 fully saturated rings. The van der Waals surface area contributed by atoms with Crippen LogP contribution in [0.5, 0.6) is 0 Å². The van der Waals surface area contributed by atoms with Crippen molar-refractivity contribution in [2.24, 2.45) is 0 Å². The Morgan fingerprint density at radius 3 is 1.78 bits per heavy atom. The first-order valence-electron chi connectivity index (χ1n) is 19.7. The fraction of sp³-hybridized carbons (Fsp3) is 0.0204. The number of benzene rings is 8. The summed E-state index contributed by atoms with van der Waals surface area (Å²) in [5.74, 6) is 0. The number of hydrogen-bond acceptors (Lipinski definition) is 2. The lowest BCUT2D eigenvalue weighted by molar-refractivity contribution is 0.794. The fourth-order valence-electron chi connectivity index (χ4n) is 8.80. The highest BCUT2D eigenvalue weighted by Crippen LogP contribution is 2.64. The first-order valence-corrected chi connectivity index (χ1v) is 18.0. The molecule has 9 aromatic rings. The molecular formula is C49H31NS. The average Bonchev–Trinajstić information content (AvgIpc) is 3.87. The lowest BCUT2D eigenvalue weighted by Gasteiger charge is -2.30. The minimum absolute atomic E-state index is 0.188. The van der Waals surface area contributed by atoms with E-state index in [1.807, 2.05) is 18.2 Å². The van der Waals surface area contributed by atoms with Crippen molar-refractivity contribution in [2.75, 3.05) is 5.32 Å². The van der Waals surface area contributed by atoms with E-state index in [-0.39, 0.29) is 29.7 Å². The normalized spacial score (nSPS) is 14.6. The third-order valence-corrected chi connectivity index (χ3v) is 12.1. The molecule has 51 heavy (non-hydrogen) atoms. The van der Waals surface area contributed by atoms with E-state index in [1.165, 1.54) is 65.7 Å². The Hall–Kier alpha value is -6.22. The van der Waals surface area contributed by atoms with Crippen LogP contribution in [-0.4, -0.2) is 0 Å². The molecule has 0 saturated heterocycles. The molecule has 0 saturated carbocycles. The summed E-state index contributed by atoms with van der Waals surface area (Å²) in [6.07, 6.45) is 0. The largest absolute Gasteiger partial charge is 0.354 e. The third kappa shape index (κ3) is 3.97. The van der Waals surface area contributed by atoms with Gasteiger partial charge in [-0.05, 0) is 79.4 Å². The zero-order chi connectivity index (χ0) is 37.9. The van der Waals surface area contributed by atoms with Gasteiger partial charge in [0.2, 0.25) is 0 Å². The van der Waals surface area contributed by atoms with Crippen molar-refractivity contribution >= 4 is 42.9 Å². The molecule has 2 aliphatic rings. The van der Waals surface area contributed by atoms with Gasteiger partial charge in [0.1, 0.15) is 0 Å². The van der Waals surface area contributed by atoms with Gasteiger partial charge in [0, 0.05) is 26.7 Å². The lowest BCUT2D eigenvalue weighted by atomic mass is 9.70. The van der Waals surface area contributed by atoms with Gasteiger partial charge in [-0.15, -0.1) is 11.3 Å². The van der Waals surface area contributed by atoms with Crippen LogP contribution in [0, 0.1) is 0 Å². The molecule has 11 rings (SSSR count). The van der Waals surface area contributed by atoms with Crippen LogP contribution in [0.3, 0.4) is 0 Å². The van der Waals surface area contributed by atoms with Gasteiger partial charge in [-0.1, -0.05) is 164 Å². The Kier molecular flexibility index (Phi) is 5.13. The molecule has 1 N–H and O–H groups in total. The monoisotopic (exact) mass is 670 g/mol. The van der Waals surface area contributed by atoms with E-state index < -0.39 is 11.5 Å². The molecule has 0 atom stereocenters. The summed E-state index contributed by atoms with van der Waals surface area (Å²) in [7, 11) is 0. The Morgan fingerprint density at radius 2 is 1.02 bits per heavy atom. The van der Waals surface area contributed by atoms with Crippen LogP contribution in [0.2, 0.25) is 0 Å². The van der Waals surface area contributed by atoms with E-state index >= 15 is 0 Å². The van der Waals surface area contributed by atoms with Crippen LogP contribution < -0.4 is 5.32 Å². The number of anilines is 2. The van der Waals surface area contributed by atoms with E-state index in [0.717, 1.165) is 21.5 Å². The van der Waals surface area contributed by atoms with Crippen LogP contribution in [0.15, 0.2) is 182 Å². The van der Waals surface area contributed by atoms with Gasteiger partial charge >= 0.3 is 0 Å². The average molecular weight is 671 g/mol. The molecule has 0 amide bonds. The van der Waals surface area contributed by atoms with Gasteiger partial charge < -0.3 is 5.32 Å².